The monoisotopic (exact) mass is 277 g/mol. The third-order valence-corrected chi connectivity index (χ3v) is 3.09. The standard InChI is InChI=1S/C16H23NO3/c1-4-5-10-17(2)12-14-11-15(20-3)8-6-13(14)7-9-16(18)19/h6-9,11H,4-5,10,12H2,1-3H3,(H,18,19). The first-order chi connectivity index (χ1) is 9.56. The van der Waals surface area contributed by atoms with E-state index < -0.39 is 5.97 Å². The molecule has 110 valence electrons. The molecule has 0 heterocycles. The molecule has 0 saturated heterocycles. The Kier molecular flexibility index (Phi) is 6.81. The van der Waals surface area contributed by atoms with Gasteiger partial charge in [-0.15, -0.1) is 0 Å². The van der Waals surface area contributed by atoms with Crippen LogP contribution in [-0.2, 0) is 11.3 Å². The van der Waals surface area contributed by atoms with Crippen molar-refractivity contribution < 1.29 is 14.6 Å². The van der Waals surface area contributed by atoms with E-state index in [9.17, 15) is 4.79 Å². The van der Waals surface area contributed by atoms with Gasteiger partial charge in [0.25, 0.3) is 0 Å². The van der Waals surface area contributed by atoms with Crippen LogP contribution in [0.2, 0.25) is 0 Å². The molecule has 0 aliphatic heterocycles. The average molecular weight is 277 g/mol. The maximum Gasteiger partial charge on any atom is 0.328 e. The first-order valence-corrected chi connectivity index (χ1v) is 6.83. The van der Waals surface area contributed by atoms with Crippen molar-refractivity contribution in [3.05, 3.63) is 35.4 Å². The molecule has 1 aromatic rings. The predicted octanol–water partition coefficient (Wildman–Crippen LogP) is 3.02. The fourth-order valence-corrected chi connectivity index (χ4v) is 1.97. The highest BCUT2D eigenvalue weighted by Crippen LogP contribution is 2.20. The maximum absolute atomic E-state index is 10.6. The van der Waals surface area contributed by atoms with E-state index in [1.54, 1.807) is 13.2 Å². The Morgan fingerprint density at radius 2 is 2.20 bits per heavy atom. The van der Waals surface area contributed by atoms with E-state index >= 15 is 0 Å². The molecule has 0 aromatic heterocycles. The highest BCUT2D eigenvalue weighted by Gasteiger charge is 2.06. The Bertz CT molecular complexity index is 469. The molecule has 0 atom stereocenters. The van der Waals surface area contributed by atoms with Crippen LogP contribution < -0.4 is 4.74 Å². The summed E-state index contributed by atoms with van der Waals surface area (Å²) in [6.07, 6.45) is 5.11. The molecule has 0 amide bonds. The number of unbranched alkanes of at least 4 members (excludes halogenated alkanes) is 1. The lowest BCUT2D eigenvalue weighted by Gasteiger charge is -2.18. The van der Waals surface area contributed by atoms with Gasteiger partial charge in [0, 0.05) is 12.6 Å². The minimum atomic E-state index is -0.939. The number of nitrogens with zero attached hydrogens (tertiary/aromatic N) is 1. The number of hydrogen-bond donors (Lipinski definition) is 1. The van der Waals surface area contributed by atoms with Crippen molar-refractivity contribution in [3.8, 4) is 5.75 Å². The first-order valence-electron chi connectivity index (χ1n) is 6.83. The fourth-order valence-electron chi connectivity index (χ4n) is 1.97. The maximum atomic E-state index is 10.6. The second kappa shape index (κ2) is 8.38. The lowest BCUT2D eigenvalue weighted by molar-refractivity contribution is -0.131. The van der Waals surface area contributed by atoms with Gasteiger partial charge in [-0.1, -0.05) is 19.4 Å². The van der Waals surface area contributed by atoms with Crippen molar-refractivity contribution in [1.82, 2.24) is 4.90 Å². The quantitative estimate of drug-likeness (QED) is 0.742. The number of rotatable bonds is 8. The van der Waals surface area contributed by atoms with Gasteiger partial charge in [0.1, 0.15) is 5.75 Å². The van der Waals surface area contributed by atoms with Gasteiger partial charge in [-0.05, 0) is 49.3 Å². The van der Waals surface area contributed by atoms with Crippen molar-refractivity contribution in [3.63, 3.8) is 0 Å². The lowest BCUT2D eigenvalue weighted by Crippen LogP contribution is -2.19. The number of carbonyl (C=O) groups is 1. The van der Waals surface area contributed by atoms with Crippen LogP contribution >= 0.6 is 0 Å². The van der Waals surface area contributed by atoms with E-state index in [0.717, 1.165) is 48.9 Å². The molecule has 0 aliphatic rings. The Balaban J connectivity index is 2.91. The second-order valence-corrected chi connectivity index (χ2v) is 4.83. The average Bonchev–Trinajstić information content (AvgIpc) is 2.43. The van der Waals surface area contributed by atoms with Crippen molar-refractivity contribution in [1.29, 1.82) is 0 Å². The summed E-state index contributed by atoms with van der Waals surface area (Å²) in [5.41, 5.74) is 1.98. The summed E-state index contributed by atoms with van der Waals surface area (Å²) < 4.78 is 5.24. The Morgan fingerprint density at radius 1 is 1.45 bits per heavy atom. The van der Waals surface area contributed by atoms with Gasteiger partial charge in [0.15, 0.2) is 0 Å². The van der Waals surface area contributed by atoms with Crippen LogP contribution in [0.15, 0.2) is 24.3 Å². The zero-order valence-electron chi connectivity index (χ0n) is 12.4. The normalized spacial score (nSPS) is 11.2. The van der Waals surface area contributed by atoms with E-state index in [-0.39, 0.29) is 0 Å². The number of carboxylic acid groups (broad SMARTS) is 1. The first kappa shape index (κ1) is 16.2. The minimum absolute atomic E-state index is 0.774. The van der Waals surface area contributed by atoms with Gasteiger partial charge in [-0.25, -0.2) is 4.79 Å². The van der Waals surface area contributed by atoms with E-state index in [4.69, 9.17) is 9.84 Å². The SMILES string of the molecule is CCCCN(C)Cc1cc(OC)ccc1C=CC(=O)O. The highest BCUT2D eigenvalue weighted by atomic mass is 16.5. The van der Waals surface area contributed by atoms with Crippen LogP contribution in [0, 0.1) is 0 Å². The summed E-state index contributed by atoms with van der Waals surface area (Å²) in [6.45, 7) is 3.96. The number of hydrogen-bond acceptors (Lipinski definition) is 3. The Morgan fingerprint density at radius 3 is 2.80 bits per heavy atom. The summed E-state index contributed by atoms with van der Waals surface area (Å²) in [4.78, 5) is 12.9. The zero-order valence-corrected chi connectivity index (χ0v) is 12.4. The fraction of sp³-hybridized carbons (Fsp3) is 0.438. The van der Waals surface area contributed by atoms with Crippen LogP contribution in [0.3, 0.4) is 0 Å². The molecule has 1 rings (SSSR count). The number of carboxylic acids is 1. The lowest BCUT2D eigenvalue weighted by atomic mass is 10.1. The molecule has 0 bridgehead atoms. The molecule has 0 spiro atoms. The van der Waals surface area contributed by atoms with Crippen LogP contribution in [0.25, 0.3) is 6.08 Å². The van der Waals surface area contributed by atoms with Crippen LogP contribution in [0.4, 0.5) is 0 Å². The minimum Gasteiger partial charge on any atom is -0.497 e. The number of benzene rings is 1. The smallest absolute Gasteiger partial charge is 0.328 e. The largest absolute Gasteiger partial charge is 0.497 e. The van der Waals surface area contributed by atoms with Gasteiger partial charge < -0.3 is 14.7 Å². The summed E-state index contributed by atoms with van der Waals surface area (Å²) in [5, 5.41) is 8.74. The second-order valence-electron chi connectivity index (χ2n) is 4.83. The number of methoxy groups -OCH3 is 1. The van der Waals surface area contributed by atoms with Crippen LogP contribution in [0.1, 0.15) is 30.9 Å². The van der Waals surface area contributed by atoms with Gasteiger partial charge in [-0.2, -0.15) is 0 Å². The van der Waals surface area contributed by atoms with Crippen molar-refractivity contribution >= 4 is 12.0 Å². The molecule has 0 aliphatic carbocycles. The van der Waals surface area contributed by atoms with Gasteiger partial charge in [0.05, 0.1) is 7.11 Å². The Labute approximate surface area is 120 Å². The summed E-state index contributed by atoms with van der Waals surface area (Å²) in [6, 6.07) is 5.70. The molecule has 20 heavy (non-hydrogen) atoms. The summed E-state index contributed by atoms with van der Waals surface area (Å²) in [5.74, 6) is -0.150. The molecule has 0 unspecified atom stereocenters. The highest BCUT2D eigenvalue weighted by molar-refractivity contribution is 5.85. The molecule has 4 heteroatoms. The van der Waals surface area contributed by atoms with Crippen LogP contribution in [0.5, 0.6) is 5.75 Å². The topological polar surface area (TPSA) is 49.8 Å². The Hall–Kier alpha value is -1.81. The molecule has 1 N–H and O–H groups in total. The third kappa shape index (κ3) is 5.45. The number of ether oxygens (including phenoxy) is 1. The predicted molar refractivity (Wildman–Crippen MR) is 80.9 cm³/mol. The van der Waals surface area contributed by atoms with Gasteiger partial charge in [0.2, 0.25) is 0 Å². The zero-order chi connectivity index (χ0) is 15.0. The molecule has 4 nitrogen and oxygen atoms in total. The van der Waals surface area contributed by atoms with Crippen molar-refractivity contribution in [2.45, 2.75) is 26.3 Å². The third-order valence-electron chi connectivity index (χ3n) is 3.09. The molecule has 0 radical (unpaired) electrons. The van der Waals surface area contributed by atoms with Gasteiger partial charge >= 0.3 is 5.97 Å². The summed E-state index contributed by atoms with van der Waals surface area (Å²) >= 11 is 0. The van der Waals surface area contributed by atoms with E-state index in [0.29, 0.717) is 0 Å². The van der Waals surface area contributed by atoms with Gasteiger partial charge in [-0.3, -0.25) is 0 Å². The summed E-state index contributed by atoms with van der Waals surface area (Å²) in [7, 11) is 3.70. The van der Waals surface area contributed by atoms with E-state index in [1.807, 2.05) is 18.2 Å². The van der Waals surface area contributed by atoms with Crippen molar-refractivity contribution in [2.75, 3.05) is 20.7 Å². The molecule has 1 aromatic carbocycles. The van der Waals surface area contributed by atoms with E-state index in [2.05, 4.69) is 18.9 Å². The number of aliphatic carboxylic acids is 1. The molecular weight excluding hydrogens is 254 g/mol. The van der Waals surface area contributed by atoms with E-state index in [1.165, 1.54) is 0 Å². The van der Waals surface area contributed by atoms with Crippen LogP contribution in [-0.4, -0.2) is 36.7 Å². The molecular formula is C16H23NO3. The molecule has 0 saturated carbocycles. The van der Waals surface area contributed by atoms with Crippen molar-refractivity contribution in [2.24, 2.45) is 0 Å². The molecule has 0 fully saturated rings.